The molecule has 0 aliphatic carbocycles. The minimum atomic E-state index is -0.484. The smallest absolute Gasteiger partial charge is 0.242 e. The number of nitrogens with zero attached hydrogens (tertiary/aromatic N) is 1. The first-order chi connectivity index (χ1) is 10.2. The van der Waals surface area contributed by atoms with Crippen LogP contribution in [0.15, 0.2) is 0 Å². The maximum Gasteiger partial charge on any atom is 0.242 e. The lowest BCUT2D eigenvalue weighted by molar-refractivity contribution is -0.133. The first-order valence-electron chi connectivity index (χ1n) is 8.51. The van der Waals surface area contributed by atoms with Gasteiger partial charge in [-0.2, -0.15) is 0 Å². The van der Waals surface area contributed by atoms with Crippen molar-refractivity contribution >= 4 is 11.8 Å². The van der Waals surface area contributed by atoms with Gasteiger partial charge in [0.1, 0.15) is 6.04 Å². The van der Waals surface area contributed by atoms with Crippen molar-refractivity contribution in [2.45, 2.75) is 59.9 Å². The SMILES string of the molecule is CC1CCN(CCCNC(=O)C(C)NC(=O)C(C)(C)C)CC1. The number of rotatable bonds is 6. The van der Waals surface area contributed by atoms with E-state index in [1.54, 1.807) is 6.92 Å². The second kappa shape index (κ2) is 8.51. The van der Waals surface area contributed by atoms with Crippen LogP contribution in [0.1, 0.15) is 53.9 Å². The molecule has 0 radical (unpaired) electrons. The van der Waals surface area contributed by atoms with E-state index >= 15 is 0 Å². The Balaban J connectivity index is 2.16. The van der Waals surface area contributed by atoms with Crippen molar-refractivity contribution < 1.29 is 9.59 Å². The largest absolute Gasteiger partial charge is 0.354 e. The number of carbonyl (C=O) groups is 2. The number of hydrogen-bond acceptors (Lipinski definition) is 3. The Morgan fingerprint density at radius 1 is 1.23 bits per heavy atom. The molecule has 5 heteroatoms. The van der Waals surface area contributed by atoms with Gasteiger partial charge < -0.3 is 15.5 Å². The van der Waals surface area contributed by atoms with Gasteiger partial charge in [0.2, 0.25) is 11.8 Å². The summed E-state index contributed by atoms with van der Waals surface area (Å²) in [6.07, 6.45) is 3.52. The van der Waals surface area contributed by atoms with Gasteiger partial charge in [-0.25, -0.2) is 0 Å². The van der Waals surface area contributed by atoms with Crippen LogP contribution in [0.5, 0.6) is 0 Å². The first-order valence-corrected chi connectivity index (χ1v) is 8.51. The fourth-order valence-electron chi connectivity index (χ4n) is 2.43. The molecule has 5 nitrogen and oxygen atoms in total. The van der Waals surface area contributed by atoms with Crippen molar-refractivity contribution in [2.24, 2.45) is 11.3 Å². The molecule has 0 saturated carbocycles. The van der Waals surface area contributed by atoms with Crippen molar-refractivity contribution in [3.05, 3.63) is 0 Å². The van der Waals surface area contributed by atoms with Crippen LogP contribution >= 0.6 is 0 Å². The number of carbonyl (C=O) groups excluding carboxylic acids is 2. The van der Waals surface area contributed by atoms with E-state index in [-0.39, 0.29) is 11.8 Å². The Morgan fingerprint density at radius 3 is 2.36 bits per heavy atom. The van der Waals surface area contributed by atoms with E-state index in [9.17, 15) is 9.59 Å². The lowest BCUT2D eigenvalue weighted by Gasteiger charge is -2.30. The van der Waals surface area contributed by atoms with E-state index in [0.29, 0.717) is 6.54 Å². The van der Waals surface area contributed by atoms with Crippen molar-refractivity contribution in [1.29, 1.82) is 0 Å². The van der Waals surface area contributed by atoms with Gasteiger partial charge in [0, 0.05) is 12.0 Å². The van der Waals surface area contributed by atoms with Crippen LogP contribution in [0.25, 0.3) is 0 Å². The maximum absolute atomic E-state index is 12.0. The normalized spacial score (nSPS) is 18.8. The van der Waals surface area contributed by atoms with Crippen LogP contribution in [0.3, 0.4) is 0 Å². The van der Waals surface area contributed by atoms with Gasteiger partial charge in [-0.3, -0.25) is 9.59 Å². The standard InChI is InChI=1S/C17H33N3O2/c1-13-7-11-20(12-8-13)10-6-9-18-15(21)14(2)19-16(22)17(3,4)5/h13-14H,6-12H2,1-5H3,(H,18,21)(H,19,22). The zero-order valence-electron chi connectivity index (χ0n) is 14.9. The molecule has 1 aliphatic heterocycles. The molecule has 1 aliphatic rings. The van der Waals surface area contributed by atoms with Crippen LogP contribution in [-0.2, 0) is 9.59 Å². The zero-order valence-corrected chi connectivity index (χ0v) is 14.9. The van der Waals surface area contributed by atoms with Crippen molar-refractivity contribution in [1.82, 2.24) is 15.5 Å². The molecule has 1 unspecified atom stereocenters. The fourth-order valence-corrected chi connectivity index (χ4v) is 2.43. The highest BCUT2D eigenvalue weighted by atomic mass is 16.2. The molecule has 0 bridgehead atoms. The molecular weight excluding hydrogens is 278 g/mol. The third-order valence-corrected chi connectivity index (χ3v) is 4.25. The molecule has 0 aromatic carbocycles. The highest BCUT2D eigenvalue weighted by Gasteiger charge is 2.24. The topological polar surface area (TPSA) is 61.4 Å². The summed E-state index contributed by atoms with van der Waals surface area (Å²) in [6.45, 7) is 13.6. The van der Waals surface area contributed by atoms with E-state index in [2.05, 4.69) is 22.5 Å². The summed E-state index contributed by atoms with van der Waals surface area (Å²) in [5, 5.41) is 5.66. The van der Waals surface area contributed by atoms with Gasteiger partial charge in [0.15, 0.2) is 0 Å². The van der Waals surface area contributed by atoms with Crippen LogP contribution in [0.4, 0.5) is 0 Å². The van der Waals surface area contributed by atoms with Gasteiger partial charge in [-0.1, -0.05) is 27.7 Å². The summed E-state index contributed by atoms with van der Waals surface area (Å²) >= 11 is 0. The van der Waals surface area contributed by atoms with E-state index in [1.807, 2.05) is 20.8 Å². The minimum Gasteiger partial charge on any atom is -0.354 e. The molecular formula is C17H33N3O2. The van der Waals surface area contributed by atoms with Crippen LogP contribution in [0, 0.1) is 11.3 Å². The molecule has 1 atom stereocenters. The summed E-state index contributed by atoms with van der Waals surface area (Å²) < 4.78 is 0. The average Bonchev–Trinajstić information content (AvgIpc) is 2.44. The van der Waals surface area contributed by atoms with E-state index in [1.165, 1.54) is 25.9 Å². The third-order valence-electron chi connectivity index (χ3n) is 4.25. The van der Waals surface area contributed by atoms with Gasteiger partial charge in [-0.15, -0.1) is 0 Å². The van der Waals surface area contributed by atoms with Gasteiger partial charge >= 0.3 is 0 Å². The highest BCUT2D eigenvalue weighted by molar-refractivity contribution is 5.89. The third kappa shape index (κ3) is 6.77. The molecule has 1 rings (SSSR count). The number of nitrogens with one attached hydrogen (secondary N) is 2. The summed E-state index contributed by atoms with van der Waals surface area (Å²) in [7, 11) is 0. The van der Waals surface area contributed by atoms with Crippen LogP contribution in [0.2, 0.25) is 0 Å². The maximum atomic E-state index is 12.0. The second-order valence-corrected chi connectivity index (χ2v) is 7.61. The van der Waals surface area contributed by atoms with E-state index < -0.39 is 11.5 Å². The van der Waals surface area contributed by atoms with Gasteiger partial charge in [0.25, 0.3) is 0 Å². The Kier molecular flexibility index (Phi) is 7.33. The minimum absolute atomic E-state index is 0.0995. The number of amides is 2. The lowest BCUT2D eigenvalue weighted by Crippen LogP contribution is -2.48. The highest BCUT2D eigenvalue weighted by Crippen LogP contribution is 2.15. The molecule has 2 amide bonds. The predicted molar refractivity (Wildman–Crippen MR) is 89.5 cm³/mol. The first kappa shape index (κ1) is 18.9. The predicted octanol–water partition coefficient (Wildman–Crippen LogP) is 1.78. The Hall–Kier alpha value is -1.10. The summed E-state index contributed by atoms with van der Waals surface area (Å²) in [4.78, 5) is 26.3. The van der Waals surface area contributed by atoms with Crippen molar-refractivity contribution in [3.8, 4) is 0 Å². The summed E-state index contributed by atoms with van der Waals surface area (Å²) in [6, 6.07) is -0.484. The monoisotopic (exact) mass is 311 g/mol. The second-order valence-electron chi connectivity index (χ2n) is 7.61. The number of piperidine rings is 1. The molecule has 1 fully saturated rings. The molecule has 0 spiro atoms. The molecule has 0 aromatic heterocycles. The van der Waals surface area contributed by atoms with Gasteiger partial charge in [0.05, 0.1) is 0 Å². The summed E-state index contributed by atoms with van der Waals surface area (Å²) in [5.41, 5.74) is -0.472. The van der Waals surface area contributed by atoms with Crippen LogP contribution in [-0.4, -0.2) is 48.9 Å². The fraction of sp³-hybridized carbons (Fsp3) is 0.882. The van der Waals surface area contributed by atoms with Crippen LogP contribution < -0.4 is 10.6 Å². The number of hydrogen-bond donors (Lipinski definition) is 2. The molecule has 2 N–H and O–H groups in total. The molecule has 0 aromatic rings. The molecule has 128 valence electrons. The van der Waals surface area contributed by atoms with Gasteiger partial charge in [-0.05, 0) is 51.7 Å². The zero-order chi connectivity index (χ0) is 16.8. The Labute approximate surface area is 135 Å². The quantitative estimate of drug-likeness (QED) is 0.735. The Bertz CT molecular complexity index is 369. The molecule has 1 heterocycles. The average molecular weight is 311 g/mol. The Morgan fingerprint density at radius 2 is 1.82 bits per heavy atom. The number of likely N-dealkylation sites (tertiary alicyclic amines) is 1. The van der Waals surface area contributed by atoms with E-state index in [0.717, 1.165) is 18.9 Å². The van der Waals surface area contributed by atoms with Crippen molar-refractivity contribution in [2.75, 3.05) is 26.2 Å². The molecule has 22 heavy (non-hydrogen) atoms. The van der Waals surface area contributed by atoms with E-state index in [4.69, 9.17) is 0 Å². The van der Waals surface area contributed by atoms with Crippen molar-refractivity contribution in [3.63, 3.8) is 0 Å². The summed E-state index contributed by atoms with van der Waals surface area (Å²) in [5.74, 6) is 0.644. The lowest BCUT2D eigenvalue weighted by atomic mass is 9.95. The molecule has 1 saturated heterocycles.